The third kappa shape index (κ3) is 3.22. The molecule has 1 atom stereocenters. The number of carboxylic acids is 1. The molecule has 1 aliphatic carbocycles. The van der Waals surface area contributed by atoms with Crippen molar-refractivity contribution in [2.75, 3.05) is 0 Å². The minimum atomic E-state index is -2.21. The standard InChI is InChI=1S/C14H11NO6/c16-8-21-14(20,6-12(17)13(18)19)5-9-7-15-11-4-2-1-3-10(9)11/h2-4,7-8,15,20H,5-6H2/p+1/t14-/m1/s1. The fourth-order valence-corrected chi connectivity index (χ4v) is 2.07. The number of rotatable bonds is 7. The van der Waals surface area contributed by atoms with Gasteiger partial charge < -0.3 is 19.9 Å². The largest absolute Gasteiger partial charge is 0.475 e. The molecule has 0 saturated carbocycles. The van der Waals surface area contributed by atoms with Crippen LogP contribution in [-0.2, 0) is 25.5 Å². The summed E-state index contributed by atoms with van der Waals surface area (Å²) in [6.07, 6.45) is 8.54. The topological polar surface area (TPSA) is 117 Å². The van der Waals surface area contributed by atoms with E-state index >= 15 is 0 Å². The zero-order valence-electron chi connectivity index (χ0n) is 10.8. The first-order valence-electron chi connectivity index (χ1n) is 6.01. The zero-order valence-corrected chi connectivity index (χ0v) is 10.8. The fourth-order valence-electron chi connectivity index (χ4n) is 2.07. The van der Waals surface area contributed by atoms with Gasteiger partial charge in [-0.2, -0.15) is 0 Å². The summed E-state index contributed by atoms with van der Waals surface area (Å²) in [6, 6.07) is 0. The molecule has 0 aromatic carbocycles. The Balaban J connectivity index is 2.24. The number of aliphatic hydroxyl groups is 1. The van der Waals surface area contributed by atoms with Gasteiger partial charge in [0.05, 0.1) is 18.9 Å². The zero-order chi connectivity index (χ0) is 15.5. The average Bonchev–Trinajstić information content (AvgIpc) is 2.82. The predicted octanol–water partition coefficient (Wildman–Crippen LogP) is 0.306. The number of aromatic amines is 1. The van der Waals surface area contributed by atoms with Crippen LogP contribution in [0.2, 0.25) is 0 Å². The molecule has 0 bridgehead atoms. The number of ketones is 1. The van der Waals surface area contributed by atoms with Gasteiger partial charge in [0.15, 0.2) is 5.69 Å². The predicted molar refractivity (Wildman–Crippen MR) is 70.6 cm³/mol. The lowest BCUT2D eigenvalue weighted by Crippen LogP contribution is -2.39. The number of allylic oxidation sites excluding steroid dienone is 2. The maximum atomic E-state index is 11.3. The average molecular weight is 290 g/mol. The summed E-state index contributed by atoms with van der Waals surface area (Å²) >= 11 is 0. The van der Waals surface area contributed by atoms with Crippen molar-refractivity contribution in [2.45, 2.75) is 18.6 Å². The van der Waals surface area contributed by atoms with Gasteiger partial charge >= 0.3 is 5.97 Å². The Labute approximate surface area is 119 Å². The molecule has 7 heteroatoms. The van der Waals surface area contributed by atoms with Crippen molar-refractivity contribution in [1.29, 1.82) is 0 Å². The number of hydrogen-bond donors (Lipinski definition) is 3. The van der Waals surface area contributed by atoms with E-state index in [0.717, 1.165) is 11.3 Å². The number of Topliss-reactive ketones (excluding diaryl/α,β-unsaturated/α-hetero) is 1. The van der Waals surface area contributed by atoms with E-state index in [1.807, 2.05) is 0 Å². The van der Waals surface area contributed by atoms with Crippen molar-refractivity contribution >= 4 is 30.4 Å². The van der Waals surface area contributed by atoms with Gasteiger partial charge in [-0.15, -0.1) is 0 Å². The van der Waals surface area contributed by atoms with E-state index in [-0.39, 0.29) is 12.9 Å². The smallest absolute Gasteiger partial charge is 0.372 e. The first-order chi connectivity index (χ1) is 9.95. The van der Waals surface area contributed by atoms with E-state index in [1.165, 1.54) is 0 Å². The second-order valence-corrected chi connectivity index (χ2v) is 4.53. The van der Waals surface area contributed by atoms with Crippen LogP contribution < -0.4 is 0 Å². The number of H-pyrrole nitrogens is 1. The second-order valence-electron chi connectivity index (χ2n) is 4.53. The molecule has 0 aliphatic heterocycles. The van der Waals surface area contributed by atoms with Crippen LogP contribution in [0.25, 0.3) is 12.2 Å². The number of ether oxygens (including phenoxy) is 1. The summed E-state index contributed by atoms with van der Waals surface area (Å²) in [6.45, 7) is -0.0178. The van der Waals surface area contributed by atoms with Crippen LogP contribution in [0.4, 0.5) is 0 Å². The lowest BCUT2D eigenvalue weighted by atomic mass is 9.97. The summed E-state index contributed by atoms with van der Waals surface area (Å²) in [5, 5.41) is 18.8. The molecule has 21 heavy (non-hydrogen) atoms. The fraction of sp³-hybridized carbons (Fsp3) is 0.214. The van der Waals surface area contributed by atoms with E-state index < -0.39 is 24.0 Å². The van der Waals surface area contributed by atoms with Gasteiger partial charge in [-0.25, -0.2) is 4.79 Å². The molecule has 7 nitrogen and oxygen atoms in total. The number of aromatic nitrogens is 1. The second kappa shape index (κ2) is 5.70. The quantitative estimate of drug-likeness (QED) is 0.288. The van der Waals surface area contributed by atoms with Crippen LogP contribution >= 0.6 is 0 Å². The van der Waals surface area contributed by atoms with Crippen molar-refractivity contribution in [3.05, 3.63) is 35.2 Å². The van der Waals surface area contributed by atoms with E-state index in [4.69, 9.17) is 5.11 Å². The van der Waals surface area contributed by atoms with Gasteiger partial charge in [-0.05, 0) is 0 Å². The maximum absolute atomic E-state index is 11.3. The minimum absolute atomic E-state index is 0.0178. The molecule has 1 aromatic heterocycles. The van der Waals surface area contributed by atoms with Gasteiger partial charge in [-0.1, -0.05) is 0 Å². The van der Waals surface area contributed by atoms with Crippen LogP contribution in [-0.4, -0.2) is 39.2 Å². The Hall–Kier alpha value is -2.76. The molecule has 0 spiro atoms. The van der Waals surface area contributed by atoms with Crippen molar-refractivity contribution in [1.82, 2.24) is 4.98 Å². The number of aliphatic carboxylic acids is 1. The maximum Gasteiger partial charge on any atom is 0.372 e. The molecule has 3 N–H and O–H groups in total. The van der Waals surface area contributed by atoms with Crippen molar-refractivity contribution < 1.29 is 29.3 Å². The van der Waals surface area contributed by atoms with Crippen LogP contribution in [0.15, 0.2) is 12.3 Å². The highest BCUT2D eigenvalue weighted by Gasteiger charge is 2.37. The van der Waals surface area contributed by atoms with Gasteiger partial charge in [0, 0.05) is 17.8 Å². The van der Waals surface area contributed by atoms with Crippen LogP contribution in [0.1, 0.15) is 23.2 Å². The molecule has 2 rings (SSSR count). The molecule has 0 amide bonds. The van der Waals surface area contributed by atoms with Crippen LogP contribution in [0.3, 0.4) is 0 Å². The van der Waals surface area contributed by atoms with Gasteiger partial charge in [0.1, 0.15) is 17.7 Å². The third-order valence-electron chi connectivity index (χ3n) is 3.02. The number of hydrogen-bond acceptors (Lipinski definition) is 5. The minimum Gasteiger partial charge on any atom is -0.475 e. The summed E-state index contributed by atoms with van der Waals surface area (Å²) in [5.41, 5.74) is 2.08. The Morgan fingerprint density at radius 2 is 2.24 bits per heavy atom. The third-order valence-corrected chi connectivity index (χ3v) is 3.02. The highest BCUT2D eigenvalue weighted by Crippen LogP contribution is 2.26. The van der Waals surface area contributed by atoms with E-state index in [9.17, 15) is 19.5 Å². The molecule has 0 saturated heterocycles. The Morgan fingerprint density at radius 3 is 2.90 bits per heavy atom. The number of nitrogens with one attached hydrogen (secondary N) is 1. The number of fused-ring (bicyclic) bond motifs is 1. The number of carbonyl (C=O) groups excluding carboxylic acids is 2. The molecule has 108 valence electrons. The molecule has 1 heterocycles. The lowest BCUT2D eigenvalue weighted by Gasteiger charge is -2.23. The van der Waals surface area contributed by atoms with Crippen molar-refractivity contribution in [3.8, 4) is 0 Å². The molecule has 1 aromatic rings. The van der Waals surface area contributed by atoms with Gasteiger partial charge in [0.25, 0.3) is 6.47 Å². The van der Waals surface area contributed by atoms with Gasteiger partial charge in [-0.3, -0.25) is 9.59 Å². The molecular formula is C14H12NO6+. The Bertz CT molecular complexity index is 642. The molecule has 0 unspecified atom stereocenters. The molecule has 0 fully saturated rings. The first kappa shape index (κ1) is 14.6. The van der Waals surface area contributed by atoms with Crippen molar-refractivity contribution in [3.63, 3.8) is 0 Å². The molecule has 0 radical (unpaired) electrons. The molecular weight excluding hydrogens is 278 g/mol. The van der Waals surface area contributed by atoms with Crippen LogP contribution in [0, 0.1) is 6.08 Å². The summed E-state index contributed by atoms with van der Waals surface area (Å²) in [7, 11) is 0. The SMILES string of the molecule is O=CO[C@@](O)(CC(=O)C(=O)O)Cc1c[nH]c2c1C=[C+]C=C2. The summed E-state index contributed by atoms with van der Waals surface area (Å²) in [4.78, 5) is 35.3. The van der Waals surface area contributed by atoms with Crippen molar-refractivity contribution in [2.24, 2.45) is 0 Å². The highest BCUT2D eigenvalue weighted by molar-refractivity contribution is 6.32. The van der Waals surface area contributed by atoms with Gasteiger partial charge in [0.2, 0.25) is 11.6 Å². The van der Waals surface area contributed by atoms with E-state index in [0.29, 0.717) is 5.56 Å². The van der Waals surface area contributed by atoms with E-state index in [2.05, 4.69) is 15.8 Å². The van der Waals surface area contributed by atoms with Crippen LogP contribution in [0.5, 0.6) is 0 Å². The Kier molecular flexibility index (Phi) is 3.98. The molecule has 1 aliphatic rings. The monoisotopic (exact) mass is 290 g/mol. The Morgan fingerprint density at radius 1 is 1.48 bits per heavy atom. The summed E-state index contributed by atoms with van der Waals surface area (Å²) < 4.78 is 4.54. The lowest BCUT2D eigenvalue weighted by molar-refractivity contribution is -0.199. The summed E-state index contributed by atoms with van der Waals surface area (Å²) in [5.74, 6) is -5.15. The first-order valence-corrected chi connectivity index (χ1v) is 6.01. The normalized spacial score (nSPS) is 14.7. The van der Waals surface area contributed by atoms with E-state index in [1.54, 1.807) is 24.4 Å². The number of carboxylic acid groups (broad SMARTS) is 1. The highest BCUT2D eigenvalue weighted by atomic mass is 16.6. The number of carbonyl (C=O) groups is 3.